The van der Waals surface area contributed by atoms with Crippen LogP contribution in [0.15, 0.2) is 24.3 Å². The molecule has 0 aliphatic carbocycles. The molecular formula is C19H27N3O3. The van der Waals surface area contributed by atoms with Gasteiger partial charge in [0.15, 0.2) is 0 Å². The predicted molar refractivity (Wildman–Crippen MR) is 97.7 cm³/mol. The Balaban J connectivity index is 1.54. The van der Waals surface area contributed by atoms with Crippen molar-refractivity contribution in [3.8, 4) is 0 Å². The second kappa shape index (κ2) is 8.34. The van der Waals surface area contributed by atoms with E-state index in [2.05, 4.69) is 10.2 Å². The number of hydrogen-bond acceptors (Lipinski definition) is 4. The highest BCUT2D eigenvalue weighted by atomic mass is 16.5. The number of anilines is 2. The normalized spacial score (nSPS) is 21.8. The van der Waals surface area contributed by atoms with Crippen LogP contribution in [0.3, 0.4) is 0 Å². The zero-order valence-corrected chi connectivity index (χ0v) is 14.9. The number of rotatable bonds is 4. The van der Waals surface area contributed by atoms with Gasteiger partial charge in [0.25, 0.3) is 0 Å². The van der Waals surface area contributed by atoms with Crippen LogP contribution < -0.4 is 10.2 Å². The van der Waals surface area contributed by atoms with Crippen LogP contribution in [0.5, 0.6) is 0 Å². The van der Waals surface area contributed by atoms with Crippen molar-refractivity contribution in [3.05, 3.63) is 24.3 Å². The number of nitrogens with one attached hydrogen (secondary N) is 1. The number of ether oxygens (including phenoxy) is 1. The highest BCUT2D eigenvalue weighted by Gasteiger charge is 2.26. The molecule has 136 valence electrons. The van der Waals surface area contributed by atoms with E-state index >= 15 is 0 Å². The van der Waals surface area contributed by atoms with Crippen molar-refractivity contribution in [2.75, 3.05) is 50.1 Å². The molecule has 2 amide bonds. The van der Waals surface area contributed by atoms with Gasteiger partial charge in [-0.3, -0.25) is 9.59 Å². The van der Waals surface area contributed by atoms with Gasteiger partial charge in [0.05, 0.1) is 13.2 Å². The first kappa shape index (κ1) is 17.7. The number of morpholine rings is 1. The lowest BCUT2D eigenvalue weighted by Gasteiger charge is -2.28. The number of hydrogen-bond donors (Lipinski definition) is 1. The number of carbonyl (C=O) groups is 2. The highest BCUT2D eigenvalue weighted by molar-refractivity contribution is 5.94. The van der Waals surface area contributed by atoms with E-state index in [1.54, 1.807) is 4.90 Å². The van der Waals surface area contributed by atoms with Crippen LogP contribution in [-0.2, 0) is 14.3 Å². The van der Waals surface area contributed by atoms with E-state index in [1.165, 1.54) is 0 Å². The van der Waals surface area contributed by atoms with Crippen LogP contribution in [0, 0.1) is 5.92 Å². The molecule has 1 atom stereocenters. The average Bonchev–Trinajstić information content (AvgIpc) is 2.79. The fourth-order valence-corrected chi connectivity index (χ4v) is 3.49. The molecule has 0 saturated carbocycles. The van der Waals surface area contributed by atoms with Crippen molar-refractivity contribution in [2.45, 2.75) is 25.7 Å². The van der Waals surface area contributed by atoms with E-state index < -0.39 is 0 Å². The molecule has 0 radical (unpaired) electrons. The molecular weight excluding hydrogens is 318 g/mol. The van der Waals surface area contributed by atoms with E-state index in [0.29, 0.717) is 0 Å². The predicted octanol–water partition coefficient (Wildman–Crippen LogP) is 2.11. The Kier molecular flexibility index (Phi) is 5.91. The molecule has 2 saturated heterocycles. The van der Waals surface area contributed by atoms with E-state index in [4.69, 9.17) is 4.74 Å². The molecule has 6 nitrogen and oxygen atoms in total. The topological polar surface area (TPSA) is 61.9 Å². The SMILES string of the molecule is CN1CCCCC(CC(=O)Nc2ccc(N3CCOCC3)cc2)C1=O. The van der Waals surface area contributed by atoms with Gasteiger partial charge in [-0.1, -0.05) is 6.42 Å². The van der Waals surface area contributed by atoms with Crippen molar-refractivity contribution >= 4 is 23.2 Å². The van der Waals surface area contributed by atoms with E-state index in [1.807, 2.05) is 31.3 Å². The van der Waals surface area contributed by atoms with Crippen LogP contribution in [0.2, 0.25) is 0 Å². The summed E-state index contributed by atoms with van der Waals surface area (Å²) < 4.78 is 5.37. The largest absolute Gasteiger partial charge is 0.378 e. The van der Waals surface area contributed by atoms with Crippen molar-refractivity contribution in [1.29, 1.82) is 0 Å². The smallest absolute Gasteiger partial charge is 0.225 e. The Morgan fingerprint density at radius 3 is 2.60 bits per heavy atom. The maximum atomic E-state index is 12.3. The molecule has 1 aromatic carbocycles. The number of likely N-dealkylation sites (tertiary alicyclic amines) is 1. The van der Waals surface area contributed by atoms with Crippen molar-refractivity contribution < 1.29 is 14.3 Å². The van der Waals surface area contributed by atoms with Gasteiger partial charge in [0.2, 0.25) is 11.8 Å². The maximum Gasteiger partial charge on any atom is 0.225 e. The van der Waals surface area contributed by atoms with Crippen LogP contribution in [0.1, 0.15) is 25.7 Å². The fourth-order valence-electron chi connectivity index (χ4n) is 3.49. The van der Waals surface area contributed by atoms with Gasteiger partial charge < -0.3 is 19.9 Å². The van der Waals surface area contributed by atoms with E-state index in [0.717, 1.165) is 63.5 Å². The number of nitrogens with zero attached hydrogens (tertiary/aromatic N) is 2. The molecule has 2 heterocycles. The third-order valence-electron chi connectivity index (χ3n) is 4.98. The quantitative estimate of drug-likeness (QED) is 0.908. The van der Waals surface area contributed by atoms with Crippen LogP contribution in [-0.4, -0.2) is 56.6 Å². The second-order valence-corrected chi connectivity index (χ2v) is 6.85. The van der Waals surface area contributed by atoms with Gasteiger partial charge >= 0.3 is 0 Å². The Labute approximate surface area is 149 Å². The van der Waals surface area contributed by atoms with Crippen LogP contribution in [0.4, 0.5) is 11.4 Å². The minimum absolute atomic E-state index is 0.0900. The Morgan fingerprint density at radius 2 is 1.88 bits per heavy atom. The van der Waals surface area contributed by atoms with Gasteiger partial charge in [0, 0.05) is 50.4 Å². The molecule has 0 aromatic heterocycles. The maximum absolute atomic E-state index is 12.3. The molecule has 1 aromatic rings. The molecule has 0 bridgehead atoms. The van der Waals surface area contributed by atoms with Crippen molar-refractivity contribution in [3.63, 3.8) is 0 Å². The molecule has 0 spiro atoms. The zero-order chi connectivity index (χ0) is 17.6. The van der Waals surface area contributed by atoms with Crippen LogP contribution >= 0.6 is 0 Å². The summed E-state index contributed by atoms with van der Waals surface area (Å²) in [5.41, 5.74) is 1.92. The third kappa shape index (κ3) is 4.72. The Morgan fingerprint density at radius 1 is 1.16 bits per heavy atom. The van der Waals surface area contributed by atoms with Gasteiger partial charge in [-0.2, -0.15) is 0 Å². The Hall–Kier alpha value is -2.08. The lowest BCUT2D eigenvalue weighted by Crippen LogP contribution is -2.36. The molecule has 6 heteroatoms. The summed E-state index contributed by atoms with van der Waals surface area (Å²) in [6, 6.07) is 7.88. The first-order valence-corrected chi connectivity index (χ1v) is 9.11. The lowest BCUT2D eigenvalue weighted by atomic mass is 9.98. The van der Waals surface area contributed by atoms with Gasteiger partial charge in [-0.25, -0.2) is 0 Å². The summed E-state index contributed by atoms with van der Waals surface area (Å²) in [6.07, 6.45) is 3.08. The van der Waals surface area contributed by atoms with Crippen molar-refractivity contribution in [2.24, 2.45) is 5.92 Å². The number of carbonyl (C=O) groups excluding carboxylic acids is 2. The monoisotopic (exact) mass is 345 g/mol. The average molecular weight is 345 g/mol. The summed E-state index contributed by atoms with van der Waals surface area (Å²) in [5, 5.41) is 2.92. The molecule has 2 aliphatic rings. The first-order valence-electron chi connectivity index (χ1n) is 9.11. The molecule has 2 fully saturated rings. The zero-order valence-electron chi connectivity index (χ0n) is 14.9. The number of benzene rings is 1. The van der Waals surface area contributed by atoms with E-state index in [9.17, 15) is 9.59 Å². The molecule has 3 rings (SSSR count). The lowest BCUT2D eigenvalue weighted by molar-refractivity contribution is -0.135. The molecule has 2 aliphatic heterocycles. The fraction of sp³-hybridized carbons (Fsp3) is 0.579. The first-order chi connectivity index (χ1) is 12.1. The molecule has 1 N–H and O–H groups in total. The van der Waals surface area contributed by atoms with Crippen LogP contribution in [0.25, 0.3) is 0 Å². The van der Waals surface area contributed by atoms with E-state index in [-0.39, 0.29) is 24.2 Å². The summed E-state index contributed by atoms with van der Waals surface area (Å²) >= 11 is 0. The summed E-state index contributed by atoms with van der Waals surface area (Å²) in [5.74, 6) is -0.191. The minimum Gasteiger partial charge on any atom is -0.378 e. The third-order valence-corrected chi connectivity index (χ3v) is 4.98. The molecule has 1 unspecified atom stereocenters. The van der Waals surface area contributed by atoms with Gasteiger partial charge in [-0.15, -0.1) is 0 Å². The summed E-state index contributed by atoms with van der Waals surface area (Å²) in [6.45, 7) is 4.08. The highest BCUT2D eigenvalue weighted by Crippen LogP contribution is 2.22. The molecule has 25 heavy (non-hydrogen) atoms. The minimum atomic E-state index is -0.194. The standard InChI is InChI=1S/C19H27N3O3/c1-21-9-3-2-4-15(19(21)24)14-18(23)20-16-5-7-17(8-6-16)22-10-12-25-13-11-22/h5-8,15H,2-4,9-14H2,1H3,(H,20,23). The van der Waals surface area contributed by atoms with Crippen molar-refractivity contribution in [1.82, 2.24) is 4.90 Å². The number of amides is 2. The van der Waals surface area contributed by atoms with Gasteiger partial charge in [-0.05, 0) is 37.1 Å². The van der Waals surface area contributed by atoms with Gasteiger partial charge in [0.1, 0.15) is 0 Å². The second-order valence-electron chi connectivity index (χ2n) is 6.85. The summed E-state index contributed by atoms with van der Waals surface area (Å²) in [4.78, 5) is 28.6. The Bertz CT molecular complexity index is 596. The summed E-state index contributed by atoms with van der Waals surface area (Å²) in [7, 11) is 1.82.